The van der Waals surface area contributed by atoms with Gasteiger partial charge in [-0.05, 0) is 35.2 Å². The van der Waals surface area contributed by atoms with Gasteiger partial charge in [-0.2, -0.15) is 0 Å². The van der Waals surface area contributed by atoms with Crippen molar-refractivity contribution >= 4 is 32.7 Å². The Kier molecular flexibility index (Phi) is 7.95. The third kappa shape index (κ3) is 6.94. The Hall–Kier alpha value is -2.45. The zero-order chi connectivity index (χ0) is 20.6. The molecule has 2 aromatic carbocycles. The van der Waals surface area contributed by atoms with Gasteiger partial charge in [0.1, 0.15) is 0 Å². The second-order valence-electron chi connectivity index (χ2n) is 6.85. The number of sulfonamides is 1. The topological polar surface area (TPSA) is 102 Å². The maximum absolute atomic E-state index is 12.4. The van der Waals surface area contributed by atoms with Crippen LogP contribution in [0.3, 0.4) is 0 Å². The predicted molar refractivity (Wildman–Crippen MR) is 107 cm³/mol. The van der Waals surface area contributed by atoms with E-state index in [4.69, 9.17) is 4.74 Å². The SMILES string of the molecule is CC(C)CCNC(=O)COC(=O)CCNS(=O)(=O)c1ccc2ccccc2c1. The molecule has 0 fully saturated rings. The van der Waals surface area contributed by atoms with Crippen molar-refractivity contribution in [2.45, 2.75) is 31.6 Å². The average Bonchev–Trinajstić information content (AvgIpc) is 2.65. The summed E-state index contributed by atoms with van der Waals surface area (Å²) in [6.45, 7) is 4.15. The number of carbonyl (C=O) groups is 2. The van der Waals surface area contributed by atoms with E-state index in [2.05, 4.69) is 10.0 Å². The van der Waals surface area contributed by atoms with E-state index in [9.17, 15) is 18.0 Å². The van der Waals surface area contributed by atoms with Gasteiger partial charge in [-0.25, -0.2) is 13.1 Å². The molecule has 0 saturated heterocycles. The van der Waals surface area contributed by atoms with Crippen LogP contribution in [0.25, 0.3) is 10.8 Å². The zero-order valence-corrected chi connectivity index (χ0v) is 16.9. The highest BCUT2D eigenvalue weighted by molar-refractivity contribution is 7.89. The third-order valence-electron chi connectivity index (χ3n) is 4.06. The van der Waals surface area contributed by atoms with E-state index < -0.39 is 16.0 Å². The fourth-order valence-corrected chi connectivity index (χ4v) is 3.54. The number of amides is 1. The number of hydrogen-bond donors (Lipinski definition) is 2. The minimum atomic E-state index is -3.74. The Labute approximate surface area is 165 Å². The minimum Gasteiger partial charge on any atom is -0.456 e. The fraction of sp³-hybridized carbons (Fsp3) is 0.400. The highest BCUT2D eigenvalue weighted by Crippen LogP contribution is 2.18. The molecule has 152 valence electrons. The van der Waals surface area contributed by atoms with Crippen molar-refractivity contribution in [3.05, 3.63) is 42.5 Å². The summed E-state index contributed by atoms with van der Waals surface area (Å²) in [5.74, 6) is -0.538. The van der Waals surface area contributed by atoms with Crippen LogP contribution in [-0.4, -0.2) is 40.0 Å². The number of rotatable bonds is 10. The van der Waals surface area contributed by atoms with Crippen LogP contribution in [0.4, 0.5) is 0 Å². The number of ether oxygens (including phenoxy) is 1. The first-order valence-corrected chi connectivity index (χ1v) is 10.7. The summed E-state index contributed by atoms with van der Waals surface area (Å²) in [6, 6.07) is 12.3. The van der Waals surface area contributed by atoms with Crippen LogP contribution in [0, 0.1) is 5.92 Å². The molecule has 0 aliphatic rings. The zero-order valence-electron chi connectivity index (χ0n) is 16.1. The molecule has 0 radical (unpaired) electrons. The summed E-state index contributed by atoms with van der Waals surface area (Å²) in [5.41, 5.74) is 0. The smallest absolute Gasteiger partial charge is 0.307 e. The minimum absolute atomic E-state index is 0.108. The van der Waals surface area contributed by atoms with Gasteiger partial charge in [-0.15, -0.1) is 0 Å². The van der Waals surface area contributed by atoms with E-state index in [1.165, 1.54) is 6.07 Å². The van der Waals surface area contributed by atoms with Gasteiger partial charge in [0.2, 0.25) is 10.0 Å². The van der Waals surface area contributed by atoms with E-state index in [1.54, 1.807) is 12.1 Å². The number of benzene rings is 2. The van der Waals surface area contributed by atoms with Crippen molar-refractivity contribution in [1.82, 2.24) is 10.0 Å². The molecule has 0 spiro atoms. The van der Waals surface area contributed by atoms with Crippen molar-refractivity contribution in [1.29, 1.82) is 0 Å². The average molecular weight is 407 g/mol. The number of hydrogen-bond acceptors (Lipinski definition) is 5. The van der Waals surface area contributed by atoms with E-state index >= 15 is 0 Å². The number of esters is 1. The lowest BCUT2D eigenvalue weighted by molar-refractivity contribution is -0.148. The van der Waals surface area contributed by atoms with Gasteiger partial charge in [-0.3, -0.25) is 9.59 Å². The van der Waals surface area contributed by atoms with E-state index in [1.807, 2.05) is 38.1 Å². The summed E-state index contributed by atoms with van der Waals surface area (Å²) in [6.07, 6.45) is 0.683. The van der Waals surface area contributed by atoms with Crippen LogP contribution < -0.4 is 10.0 Å². The molecule has 0 bridgehead atoms. The molecule has 2 aromatic rings. The summed E-state index contributed by atoms with van der Waals surface area (Å²) in [7, 11) is -3.74. The molecule has 0 heterocycles. The first-order valence-electron chi connectivity index (χ1n) is 9.19. The summed E-state index contributed by atoms with van der Waals surface area (Å²) in [4.78, 5) is 23.4. The molecule has 0 saturated carbocycles. The number of nitrogens with one attached hydrogen (secondary N) is 2. The quantitative estimate of drug-likeness (QED) is 0.589. The normalized spacial score (nSPS) is 11.5. The Bertz CT molecular complexity index is 925. The molecular formula is C20H26N2O5S. The Morgan fingerprint density at radius 1 is 1.04 bits per heavy atom. The second kappa shape index (κ2) is 10.2. The van der Waals surface area contributed by atoms with Gasteiger partial charge in [-0.1, -0.05) is 44.2 Å². The first-order chi connectivity index (χ1) is 13.3. The van der Waals surface area contributed by atoms with Crippen LogP contribution in [0.15, 0.2) is 47.4 Å². The Morgan fingerprint density at radius 3 is 2.46 bits per heavy atom. The molecule has 0 aromatic heterocycles. The lowest BCUT2D eigenvalue weighted by Crippen LogP contribution is -2.31. The Balaban J connectivity index is 1.76. The van der Waals surface area contributed by atoms with Gasteiger partial charge < -0.3 is 10.1 Å². The molecule has 8 heteroatoms. The van der Waals surface area contributed by atoms with E-state index in [-0.39, 0.29) is 30.4 Å². The fourth-order valence-electron chi connectivity index (χ4n) is 2.47. The molecule has 0 aliphatic heterocycles. The summed E-state index contributed by atoms with van der Waals surface area (Å²) in [5, 5.41) is 4.41. The molecule has 1 amide bonds. The van der Waals surface area contributed by atoms with Crippen molar-refractivity contribution in [2.75, 3.05) is 19.7 Å². The standard InChI is InChI=1S/C20H26N2O5S/c1-15(2)9-11-21-19(23)14-27-20(24)10-12-22-28(25,26)18-8-7-16-5-3-4-6-17(16)13-18/h3-8,13,15,22H,9-12,14H2,1-2H3,(H,21,23). The molecule has 2 rings (SSSR count). The van der Waals surface area contributed by atoms with Gasteiger partial charge in [0.15, 0.2) is 6.61 Å². The summed E-state index contributed by atoms with van der Waals surface area (Å²) < 4.78 is 32.0. The number of fused-ring (bicyclic) bond motifs is 1. The lowest BCUT2D eigenvalue weighted by Gasteiger charge is -2.09. The molecule has 2 N–H and O–H groups in total. The molecule has 0 atom stereocenters. The van der Waals surface area contributed by atoms with Crippen molar-refractivity contribution in [2.24, 2.45) is 5.92 Å². The van der Waals surface area contributed by atoms with Crippen molar-refractivity contribution in [3.8, 4) is 0 Å². The van der Waals surface area contributed by atoms with Crippen molar-refractivity contribution in [3.63, 3.8) is 0 Å². The van der Waals surface area contributed by atoms with E-state index in [0.29, 0.717) is 12.5 Å². The predicted octanol–water partition coefficient (Wildman–Crippen LogP) is 2.21. The maximum Gasteiger partial charge on any atom is 0.307 e. The number of carbonyl (C=O) groups excluding carboxylic acids is 2. The van der Waals surface area contributed by atoms with Crippen LogP contribution in [-0.2, 0) is 24.3 Å². The first kappa shape index (κ1) is 21.8. The van der Waals surface area contributed by atoms with Gasteiger partial charge in [0.05, 0.1) is 11.3 Å². The molecule has 0 unspecified atom stereocenters. The molecule has 28 heavy (non-hydrogen) atoms. The molecule has 0 aliphatic carbocycles. The largest absolute Gasteiger partial charge is 0.456 e. The van der Waals surface area contributed by atoms with Gasteiger partial charge in [0, 0.05) is 13.1 Å². The monoisotopic (exact) mass is 406 g/mol. The van der Waals surface area contributed by atoms with Gasteiger partial charge in [0.25, 0.3) is 5.91 Å². The van der Waals surface area contributed by atoms with Gasteiger partial charge >= 0.3 is 5.97 Å². The van der Waals surface area contributed by atoms with Crippen LogP contribution in [0.2, 0.25) is 0 Å². The highest BCUT2D eigenvalue weighted by Gasteiger charge is 2.15. The lowest BCUT2D eigenvalue weighted by atomic mass is 10.1. The van der Waals surface area contributed by atoms with E-state index in [0.717, 1.165) is 17.2 Å². The van der Waals surface area contributed by atoms with Crippen LogP contribution >= 0.6 is 0 Å². The van der Waals surface area contributed by atoms with Crippen LogP contribution in [0.5, 0.6) is 0 Å². The molecular weight excluding hydrogens is 380 g/mol. The summed E-state index contributed by atoms with van der Waals surface area (Å²) >= 11 is 0. The highest BCUT2D eigenvalue weighted by atomic mass is 32.2. The van der Waals surface area contributed by atoms with Crippen molar-refractivity contribution < 1.29 is 22.7 Å². The third-order valence-corrected chi connectivity index (χ3v) is 5.52. The molecule has 7 nitrogen and oxygen atoms in total. The maximum atomic E-state index is 12.4. The Morgan fingerprint density at radius 2 is 1.75 bits per heavy atom. The van der Waals surface area contributed by atoms with Crippen LogP contribution in [0.1, 0.15) is 26.7 Å². The second-order valence-corrected chi connectivity index (χ2v) is 8.62.